The van der Waals surface area contributed by atoms with E-state index < -0.39 is 34.5 Å². The molecular formula is C59H52Cl5F4N15O3. The topological polar surface area (TPSA) is 192 Å². The Morgan fingerprint density at radius 1 is 0.547 bits per heavy atom. The lowest BCUT2D eigenvalue weighted by molar-refractivity contribution is -0.137. The lowest BCUT2D eigenvalue weighted by Crippen LogP contribution is -2.43. The van der Waals surface area contributed by atoms with Crippen molar-refractivity contribution in [1.29, 1.82) is 0 Å². The highest BCUT2D eigenvalue weighted by atomic mass is 35.5. The van der Waals surface area contributed by atoms with Gasteiger partial charge in [-0.05, 0) is 119 Å². The van der Waals surface area contributed by atoms with Crippen LogP contribution in [0.5, 0.6) is 0 Å². The van der Waals surface area contributed by atoms with E-state index in [4.69, 9.17) is 58.0 Å². The number of benzene rings is 3. The molecule has 3 aromatic carbocycles. The largest absolute Gasteiger partial charge is 0.417 e. The summed E-state index contributed by atoms with van der Waals surface area (Å²) in [5.41, 5.74) is 8.12. The van der Waals surface area contributed by atoms with Crippen LogP contribution in [0.15, 0.2) is 97.5 Å². The average Bonchev–Trinajstić information content (AvgIpc) is 1.71. The monoisotopic (exact) mass is 1270 g/mol. The molecule has 3 aliphatic rings. The molecule has 0 fully saturated rings. The second kappa shape index (κ2) is 24.8. The minimum atomic E-state index is -4.64. The first-order valence-corrected chi connectivity index (χ1v) is 28.8. The number of rotatable bonds is 6. The zero-order chi connectivity index (χ0) is 61.6. The van der Waals surface area contributed by atoms with Gasteiger partial charge in [0.2, 0.25) is 0 Å². The number of aryl methyl sites for hydroxylation is 4. The maximum absolute atomic E-state index is 14.1. The third-order valence-electron chi connectivity index (χ3n) is 15.1. The van der Waals surface area contributed by atoms with Gasteiger partial charge in [0.05, 0.1) is 83.1 Å². The van der Waals surface area contributed by atoms with E-state index in [1.54, 1.807) is 68.7 Å². The van der Waals surface area contributed by atoms with Gasteiger partial charge in [-0.2, -0.15) is 27.2 Å². The first-order valence-electron chi connectivity index (χ1n) is 26.9. The predicted octanol–water partition coefficient (Wildman–Crippen LogP) is 12.8. The molecule has 6 aromatic heterocycles. The summed E-state index contributed by atoms with van der Waals surface area (Å²) >= 11 is 30.5. The smallest absolute Gasteiger partial charge is 0.330 e. The number of nitrogens with zero attached hydrogens (tertiary/aromatic N) is 15. The molecule has 9 heterocycles. The fraction of sp³-hybridized carbons (Fsp3) is 0.288. The van der Waals surface area contributed by atoms with Crippen molar-refractivity contribution in [3.8, 4) is 17.5 Å². The highest BCUT2D eigenvalue weighted by Gasteiger charge is 2.39. The van der Waals surface area contributed by atoms with Gasteiger partial charge in [0.15, 0.2) is 23.3 Å². The van der Waals surface area contributed by atoms with Gasteiger partial charge in [0.25, 0.3) is 17.7 Å². The van der Waals surface area contributed by atoms with Gasteiger partial charge in [-0.1, -0.05) is 104 Å². The Morgan fingerprint density at radius 2 is 1.00 bits per heavy atom. The van der Waals surface area contributed by atoms with E-state index in [-0.39, 0.29) is 58.4 Å². The van der Waals surface area contributed by atoms with Crippen molar-refractivity contribution in [3.63, 3.8) is 0 Å². The second-order valence-corrected chi connectivity index (χ2v) is 22.8. The normalized spacial score (nSPS) is 16.3. The zero-order valence-electron chi connectivity index (χ0n) is 47.0. The van der Waals surface area contributed by atoms with Crippen LogP contribution in [0, 0.1) is 33.5 Å². The standard InChI is InChI=1S/C21H19ClF3N5O.C20H19Cl2N5O.C18H14Cl2FN5O/c1-11-9-12(2)19(26-10-11)30-16-7-8-29(13(3)18(16)27-28-30)20(31)14-5-4-6-15(17(14)22)21(23,24)25;1-11-9-12(2)19(23-10-11)27-16-7-8-26(13(3)18(16)24-25-27)20(28)14-5-4-6-15(21)17(14)22;1-10-8-15-14(23-24-26(15)17-13(21)6-3-7-22-17)9-25(10)18(27)11-4-2-5-12(19)16(11)20/h4-6,9-10,13H,7-8H2,1-3H3;4-6,9-10,13H,7-8H2,1-3H3;2-7,10H,8-9H2,1H3. The van der Waals surface area contributed by atoms with Crippen LogP contribution >= 0.6 is 58.0 Å². The van der Waals surface area contributed by atoms with E-state index in [1.807, 2.05) is 53.8 Å². The molecule has 0 saturated carbocycles. The summed E-state index contributed by atoms with van der Waals surface area (Å²) in [6.45, 7) is 14.6. The Labute approximate surface area is 515 Å². The Balaban J connectivity index is 0.000000143. The van der Waals surface area contributed by atoms with Gasteiger partial charge < -0.3 is 14.7 Å². The maximum Gasteiger partial charge on any atom is 0.417 e. The number of amides is 3. The summed E-state index contributed by atoms with van der Waals surface area (Å²) in [5.74, 6) is 0.0622. The molecule has 0 spiro atoms. The van der Waals surface area contributed by atoms with Crippen molar-refractivity contribution in [2.45, 2.75) is 98.6 Å². The van der Waals surface area contributed by atoms with Crippen molar-refractivity contribution in [2.24, 2.45) is 0 Å². The summed E-state index contributed by atoms with van der Waals surface area (Å²) < 4.78 is 58.5. The number of hydrogen-bond acceptors (Lipinski definition) is 12. The lowest BCUT2D eigenvalue weighted by atomic mass is 10.0. The van der Waals surface area contributed by atoms with E-state index in [2.05, 4.69) is 52.0 Å². The summed E-state index contributed by atoms with van der Waals surface area (Å²) in [6.07, 6.45) is 1.94. The molecule has 9 aromatic rings. The maximum atomic E-state index is 14.1. The van der Waals surface area contributed by atoms with E-state index in [0.29, 0.717) is 64.2 Å². The quantitative estimate of drug-likeness (QED) is 0.143. The van der Waals surface area contributed by atoms with Crippen molar-refractivity contribution < 1.29 is 31.9 Å². The van der Waals surface area contributed by atoms with Gasteiger partial charge in [0.1, 0.15) is 17.1 Å². The fourth-order valence-corrected chi connectivity index (χ4v) is 11.8. The van der Waals surface area contributed by atoms with E-state index >= 15 is 0 Å². The van der Waals surface area contributed by atoms with Gasteiger partial charge in [-0.3, -0.25) is 14.4 Å². The van der Waals surface area contributed by atoms with Gasteiger partial charge in [-0.15, -0.1) is 15.3 Å². The van der Waals surface area contributed by atoms with Crippen molar-refractivity contribution in [3.05, 3.63) is 207 Å². The van der Waals surface area contributed by atoms with Crippen molar-refractivity contribution in [2.75, 3.05) is 13.1 Å². The number of hydrogen-bond donors (Lipinski definition) is 0. The summed E-state index contributed by atoms with van der Waals surface area (Å²) in [5, 5.41) is 25.9. The molecular weight excluding hydrogens is 1220 g/mol. The molecule has 18 nitrogen and oxygen atoms in total. The fourth-order valence-electron chi connectivity index (χ4n) is 10.7. The molecule has 27 heteroatoms. The van der Waals surface area contributed by atoms with Crippen molar-refractivity contribution >= 4 is 75.7 Å². The molecule has 3 unspecified atom stereocenters. The summed E-state index contributed by atoms with van der Waals surface area (Å²) in [7, 11) is 0. The van der Waals surface area contributed by atoms with Crippen LogP contribution in [-0.4, -0.2) is 111 Å². The van der Waals surface area contributed by atoms with Gasteiger partial charge in [-0.25, -0.2) is 19.3 Å². The number of aromatic nitrogens is 12. The zero-order valence-corrected chi connectivity index (χ0v) is 50.8. The summed E-state index contributed by atoms with van der Waals surface area (Å²) in [6, 6.07) is 19.4. The van der Waals surface area contributed by atoms with Crippen LogP contribution in [0.4, 0.5) is 17.6 Å². The van der Waals surface area contributed by atoms with Crippen LogP contribution in [0.1, 0.15) is 126 Å². The van der Waals surface area contributed by atoms with Crippen LogP contribution in [0.2, 0.25) is 25.1 Å². The van der Waals surface area contributed by atoms with Gasteiger partial charge >= 0.3 is 6.18 Å². The molecule has 3 aliphatic heterocycles. The Bertz CT molecular complexity index is 4120. The molecule has 0 saturated heterocycles. The molecule has 0 bridgehead atoms. The van der Waals surface area contributed by atoms with Crippen LogP contribution in [-0.2, 0) is 32.0 Å². The molecule has 12 rings (SSSR count). The third-order valence-corrected chi connectivity index (χ3v) is 17.1. The number of carbonyl (C=O) groups excluding carboxylic acids is 3. The van der Waals surface area contributed by atoms with Gasteiger partial charge in [0, 0.05) is 57.0 Å². The number of fused-ring (bicyclic) bond motifs is 3. The minimum Gasteiger partial charge on any atom is -0.330 e. The summed E-state index contributed by atoms with van der Waals surface area (Å²) in [4.78, 5) is 57.1. The van der Waals surface area contributed by atoms with E-state index in [9.17, 15) is 31.9 Å². The molecule has 0 N–H and O–H groups in total. The van der Waals surface area contributed by atoms with Crippen LogP contribution < -0.4 is 0 Å². The Kier molecular flexibility index (Phi) is 17.7. The third kappa shape index (κ3) is 11.9. The van der Waals surface area contributed by atoms with E-state index in [1.165, 1.54) is 40.0 Å². The molecule has 3 amide bonds. The van der Waals surface area contributed by atoms with Crippen LogP contribution in [0.25, 0.3) is 17.5 Å². The average molecular weight is 1270 g/mol. The predicted molar refractivity (Wildman–Crippen MR) is 315 cm³/mol. The second-order valence-electron chi connectivity index (χ2n) is 20.9. The van der Waals surface area contributed by atoms with Crippen molar-refractivity contribution in [1.82, 2.24) is 74.6 Å². The SMILES string of the molecule is CC1Cc2c(nnn2-c2ncccc2F)CN1C(=O)c1cccc(Cl)c1Cl.Cc1cnc(-n2nnc3c2CCN(C(=O)c2cccc(C(F)(F)F)c2Cl)C3C)c(C)c1.Cc1cnc(-n2nnc3c2CCN(C(=O)c2cccc(Cl)c2Cl)C3C)c(C)c1. The number of carbonyl (C=O) groups is 3. The highest BCUT2D eigenvalue weighted by Crippen LogP contribution is 2.39. The minimum absolute atomic E-state index is 0.0936. The molecule has 3 atom stereocenters. The molecule has 0 radical (unpaired) electrons. The Morgan fingerprint density at radius 3 is 1.48 bits per heavy atom. The first-order chi connectivity index (χ1) is 40.9. The molecule has 444 valence electrons. The molecule has 0 aliphatic carbocycles. The molecule has 86 heavy (non-hydrogen) atoms. The lowest BCUT2D eigenvalue weighted by Gasteiger charge is -2.33. The highest BCUT2D eigenvalue weighted by molar-refractivity contribution is 6.44. The first kappa shape index (κ1) is 61.2. The Hall–Kier alpha value is -7.89. The number of pyridine rings is 3. The van der Waals surface area contributed by atoms with E-state index in [0.717, 1.165) is 56.9 Å². The van der Waals surface area contributed by atoms with Crippen LogP contribution in [0.3, 0.4) is 0 Å². The number of halogens is 9. The number of alkyl halides is 3.